The lowest BCUT2D eigenvalue weighted by atomic mass is 10.1. The molecule has 0 fully saturated rings. The number of carbonyl (C=O) groups excluding carboxylic acids is 2. The van der Waals surface area contributed by atoms with Gasteiger partial charge in [0, 0.05) is 15.1 Å². The van der Waals surface area contributed by atoms with Gasteiger partial charge in [0.05, 0.1) is 3.79 Å². The maximum atomic E-state index is 12.2. The third kappa shape index (κ3) is 4.16. The molecule has 1 aromatic carbocycles. The third-order valence-corrected chi connectivity index (χ3v) is 6.08. The molecule has 1 heterocycles. The highest BCUT2D eigenvalue weighted by Crippen LogP contribution is 2.32. The van der Waals surface area contributed by atoms with E-state index in [1.54, 1.807) is 37.3 Å². The summed E-state index contributed by atoms with van der Waals surface area (Å²) in [6.45, 7) is 1.54. The summed E-state index contributed by atoms with van der Waals surface area (Å²) < 4.78 is 6.76. The number of halogens is 3. The molecule has 0 spiro atoms. The second-order valence-corrected chi connectivity index (χ2v) is 7.82. The zero-order valence-corrected chi connectivity index (χ0v) is 15.5. The zero-order valence-electron chi connectivity index (χ0n) is 10.7. The molecule has 0 aliphatic heterocycles. The number of ketones is 1. The number of benzene rings is 1. The number of carbonyl (C=O) groups is 2. The van der Waals surface area contributed by atoms with Crippen LogP contribution in [-0.4, -0.2) is 17.9 Å². The highest BCUT2D eigenvalue weighted by Gasteiger charge is 2.22. The number of Topliss-reactive ketones (excluding diaryl/α,β-unsaturated/α-hetero) is 1. The number of thiophene rings is 1. The topological polar surface area (TPSA) is 43.4 Å². The molecule has 0 aliphatic rings. The van der Waals surface area contributed by atoms with Gasteiger partial charge in [0.15, 0.2) is 6.10 Å². The Kier molecular flexibility index (Phi) is 5.60. The molecule has 0 saturated carbocycles. The Labute approximate surface area is 147 Å². The second-order valence-electron chi connectivity index (χ2n) is 4.15. The van der Waals surface area contributed by atoms with Crippen molar-refractivity contribution in [3.8, 4) is 0 Å². The van der Waals surface area contributed by atoms with Crippen LogP contribution < -0.4 is 0 Å². The van der Waals surface area contributed by atoms with E-state index in [1.165, 1.54) is 11.3 Å². The van der Waals surface area contributed by atoms with Gasteiger partial charge in [-0.3, -0.25) is 4.79 Å². The summed E-state index contributed by atoms with van der Waals surface area (Å²) in [5, 5.41) is 0.463. The van der Waals surface area contributed by atoms with Crippen LogP contribution in [0.25, 0.3) is 0 Å². The van der Waals surface area contributed by atoms with Gasteiger partial charge >= 0.3 is 5.97 Å². The second kappa shape index (κ2) is 7.05. The van der Waals surface area contributed by atoms with E-state index in [9.17, 15) is 9.59 Å². The van der Waals surface area contributed by atoms with Gasteiger partial charge in [-0.05, 0) is 57.0 Å². The van der Waals surface area contributed by atoms with Crippen molar-refractivity contribution in [3.63, 3.8) is 0 Å². The van der Waals surface area contributed by atoms with Crippen molar-refractivity contribution in [2.24, 2.45) is 0 Å². The minimum absolute atomic E-state index is 0.291. The molecule has 0 radical (unpaired) electrons. The number of rotatable bonds is 4. The summed E-state index contributed by atoms with van der Waals surface area (Å²) in [6, 6.07) is 8.18. The molecular weight excluding hydrogens is 443 g/mol. The van der Waals surface area contributed by atoms with Crippen molar-refractivity contribution in [3.05, 3.63) is 54.1 Å². The fourth-order valence-corrected chi connectivity index (χ4v) is 3.70. The smallest absolute Gasteiger partial charge is 0.349 e. The quantitative estimate of drug-likeness (QED) is 0.464. The van der Waals surface area contributed by atoms with E-state index in [-0.39, 0.29) is 5.78 Å². The van der Waals surface area contributed by atoms with Crippen LogP contribution in [0.2, 0.25) is 5.02 Å². The fraction of sp³-hybridized carbons (Fsp3) is 0.143. The summed E-state index contributed by atoms with van der Waals surface area (Å²) in [6.07, 6.45) is -0.879. The molecule has 2 aromatic rings. The van der Waals surface area contributed by atoms with E-state index in [1.807, 2.05) is 0 Å². The molecule has 0 saturated heterocycles. The van der Waals surface area contributed by atoms with Crippen molar-refractivity contribution < 1.29 is 14.3 Å². The highest BCUT2D eigenvalue weighted by atomic mass is 79.9. The Hall–Kier alpha value is -0.690. The first-order valence-electron chi connectivity index (χ1n) is 5.84. The van der Waals surface area contributed by atoms with Crippen LogP contribution in [0.3, 0.4) is 0 Å². The number of esters is 1. The SMILES string of the molecule is CC(OC(=O)c1cc(Br)c(Br)s1)C(=O)c1cccc(Cl)c1. The van der Waals surface area contributed by atoms with Crippen molar-refractivity contribution in [2.45, 2.75) is 13.0 Å². The van der Waals surface area contributed by atoms with Crippen LogP contribution >= 0.6 is 54.8 Å². The largest absolute Gasteiger partial charge is 0.450 e. The summed E-state index contributed by atoms with van der Waals surface area (Å²) in [4.78, 5) is 24.6. The summed E-state index contributed by atoms with van der Waals surface area (Å²) in [7, 11) is 0. The first-order chi connectivity index (χ1) is 9.88. The summed E-state index contributed by atoms with van der Waals surface area (Å²) in [5.74, 6) is -0.824. The van der Waals surface area contributed by atoms with Crippen molar-refractivity contribution >= 4 is 66.6 Å². The van der Waals surface area contributed by atoms with Crippen LogP contribution in [0.4, 0.5) is 0 Å². The first kappa shape index (κ1) is 16.7. The molecule has 0 amide bonds. The van der Waals surface area contributed by atoms with Gasteiger partial charge in [-0.2, -0.15) is 0 Å². The van der Waals surface area contributed by atoms with Gasteiger partial charge in [-0.15, -0.1) is 11.3 Å². The third-order valence-electron chi connectivity index (χ3n) is 2.61. The molecule has 0 N–H and O–H groups in total. The average Bonchev–Trinajstić information content (AvgIpc) is 2.78. The Bertz CT molecular complexity index is 680. The molecule has 110 valence electrons. The molecule has 2 rings (SSSR count). The lowest BCUT2D eigenvalue weighted by Crippen LogP contribution is -2.24. The van der Waals surface area contributed by atoms with E-state index < -0.39 is 12.1 Å². The molecule has 1 unspecified atom stereocenters. The normalized spacial score (nSPS) is 12.0. The van der Waals surface area contributed by atoms with Gasteiger partial charge in [-0.25, -0.2) is 4.79 Å². The molecule has 3 nitrogen and oxygen atoms in total. The lowest BCUT2D eigenvalue weighted by molar-refractivity contribution is 0.0323. The highest BCUT2D eigenvalue weighted by molar-refractivity contribution is 9.13. The Morgan fingerprint density at radius 2 is 2.00 bits per heavy atom. The van der Waals surface area contributed by atoms with Gasteiger partial charge in [0.25, 0.3) is 0 Å². The van der Waals surface area contributed by atoms with E-state index in [2.05, 4.69) is 31.9 Å². The van der Waals surface area contributed by atoms with Crippen LogP contribution in [0.1, 0.15) is 27.0 Å². The summed E-state index contributed by atoms with van der Waals surface area (Å²) >= 11 is 13.7. The molecule has 1 atom stereocenters. The van der Waals surface area contributed by atoms with E-state index in [0.29, 0.717) is 15.5 Å². The van der Waals surface area contributed by atoms with E-state index in [0.717, 1.165) is 8.26 Å². The maximum absolute atomic E-state index is 12.2. The zero-order chi connectivity index (χ0) is 15.6. The van der Waals surface area contributed by atoms with Crippen molar-refractivity contribution in [2.75, 3.05) is 0 Å². The number of hydrogen-bond acceptors (Lipinski definition) is 4. The Morgan fingerprint density at radius 3 is 2.57 bits per heavy atom. The van der Waals surface area contributed by atoms with Gasteiger partial charge in [0.2, 0.25) is 5.78 Å². The molecule has 0 aliphatic carbocycles. The molecule has 21 heavy (non-hydrogen) atoms. The number of hydrogen-bond donors (Lipinski definition) is 0. The predicted octanol–water partition coefficient (Wildman–Crippen LogP) is 5.35. The monoisotopic (exact) mass is 450 g/mol. The van der Waals surface area contributed by atoms with E-state index >= 15 is 0 Å². The Morgan fingerprint density at radius 1 is 1.29 bits per heavy atom. The lowest BCUT2D eigenvalue weighted by Gasteiger charge is -2.11. The molecule has 7 heteroatoms. The minimum atomic E-state index is -0.879. The van der Waals surface area contributed by atoms with Crippen LogP contribution in [0.15, 0.2) is 38.6 Å². The standard InChI is InChI=1S/C14H9Br2ClO3S/c1-7(12(18)8-3-2-4-9(17)5-8)20-14(19)11-6-10(15)13(16)21-11/h2-7H,1H3. The van der Waals surface area contributed by atoms with Gasteiger partial charge in [-0.1, -0.05) is 23.7 Å². The van der Waals surface area contributed by atoms with Crippen LogP contribution in [-0.2, 0) is 4.74 Å². The average molecular weight is 453 g/mol. The van der Waals surface area contributed by atoms with Crippen LogP contribution in [0.5, 0.6) is 0 Å². The first-order valence-corrected chi connectivity index (χ1v) is 8.62. The van der Waals surface area contributed by atoms with Crippen molar-refractivity contribution in [1.82, 2.24) is 0 Å². The minimum Gasteiger partial charge on any atom is -0.450 e. The molecule has 1 aromatic heterocycles. The Balaban J connectivity index is 2.08. The van der Waals surface area contributed by atoms with Crippen LogP contribution in [0, 0.1) is 0 Å². The maximum Gasteiger partial charge on any atom is 0.349 e. The van der Waals surface area contributed by atoms with E-state index in [4.69, 9.17) is 16.3 Å². The van der Waals surface area contributed by atoms with Crippen molar-refractivity contribution in [1.29, 1.82) is 0 Å². The van der Waals surface area contributed by atoms with Gasteiger partial charge < -0.3 is 4.74 Å². The fourth-order valence-electron chi connectivity index (χ4n) is 1.60. The summed E-state index contributed by atoms with van der Waals surface area (Å²) in [5.41, 5.74) is 0.413. The van der Waals surface area contributed by atoms with Gasteiger partial charge in [0.1, 0.15) is 4.88 Å². The predicted molar refractivity (Wildman–Crippen MR) is 90.4 cm³/mol. The molecular formula is C14H9Br2ClO3S. The number of ether oxygens (including phenoxy) is 1. The molecule has 0 bridgehead atoms.